The van der Waals surface area contributed by atoms with Gasteiger partial charge in [-0.25, -0.2) is 9.59 Å². The van der Waals surface area contributed by atoms with Gasteiger partial charge >= 0.3 is 12.3 Å². The minimum absolute atomic E-state index is 0. The topological polar surface area (TPSA) is 156 Å². The number of hydrogen-bond donors (Lipinski definition) is 6. The van der Waals surface area contributed by atoms with Gasteiger partial charge in [-0.3, -0.25) is 0 Å². The zero-order valence-corrected chi connectivity index (χ0v) is 32.3. The van der Waals surface area contributed by atoms with Gasteiger partial charge in [-0.05, 0) is 0 Å². The maximum atomic E-state index is 8.56. The largest absolute Gasteiger partial charge is 0.503 e. The molecule has 0 saturated heterocycles. The SMILES string of the molecule is Br.Br.Br.Br.CC.CO.CO.Cl.Cl.Cl.Cl.O=C(O)O.O=C(O)O.[Ni].[Ni].[Ni].[Ni].[Ni].[Ni].[Ni].[Ni]. The van der Waals surface area contributed by atoms with Crippen molar-refractivity contribution in [3.63, 3.8) is 0 Å². The molecule has 0 aromatic rings. The summed E-state index contributed by atoms with van der Waals surface area (Å²) in [6.07, 6.45) is -3.67. The molecule has 30 heavy (non-hydrogen) atoms. The summed E-state index contributed by atoms with van der Waals surface area (Å²) in [5, 5.41) is 41.9. The molecule has 0 heterocycles. The molecular formula is C6H26Br4Cl4Ni8O8. The molecule has 8 nitrogen and oxygen atoms in total. The van der Waals surface area contributed by atoms with Crippen LogP contribution < -0.4 is 0 Å². The van der Waals surface area contributed by atoms with Crippen molar-refractivity contribution >= 4 is 130 Å². The Balaban J connectivity index is -0.00000000160. The Morgan fingerprint density at radius 3 is 0.400 bits per heavy atom. The molecule has 0 atom stereocenters. The normalized spacial score (nSPS) is 2.20. The molecule has 234 valence electrons. The zero-order valence-electron chi connectivity index (χ0n) is 14.3. The molecule has 0 rings (SSSR count). The van der Waals surface area contributed by atoms with Gasteiger partial charge in [-0.1, -0.05) is 13.8 Å². The molecule has 24 heteroatoms. The Labute approximate surface area is 325 Å². The summed E-state index contributed by atoms with van der Waals surface area (Å²) < 4.78 is 0. The summed E-state index contributed by atoms with van der Waals surface area (Å²) in [7, 11) is 2.00. The predicted octanol–water partition coefficient (Wildman–Crippen LogP) is 4.67. The predicted molar refractivity (Wildman–Crippen MR) is 119 cm³/mol. The summed E-state index contributed by atoms with van der Waals surface area (Å²) in [6, 6.07) is 0. The first kappa shape index (κ1) is 201. The van der Waals surface area contributed by atoms with Crippen LogP contribution in [0.1, 0.15) is 13.8 Å². The molecule has 0 bridgehead atoms. The van der Waals surface area contributed by atoms with Crippen LogP contribution in [0.15, 0.2) is 0 Å². The monoisotopic (exact) mass is 1150 g/mol. The molecule has 0 unspecified atom stereocenters. The van der Waals surface area contributed by atoms with Crippen molar-refractivity contribution in [2.24, 2.45) is 0 Å². The Kier molecular flexibility index (Phi) is 1960. The van der Waals surface area contributed by atoms with E-state index in [0.29, 0.717) is 0 Å². The van der Waals surface area contributed by atoms with Crippen LogP contribution in [0.2, 0.25) is 0 Å². The van der Waals surface area contributed by atoms with Crippen LogP contribution in [0.4, 0.5) is 9.59 Å². The van der Waals surface area contributed by atoms with Gasteiger partial charge in [-0.2, -0.15) is 0 Å². The quantitative estimate of drug-likeness (QED) is 0.192. The first-order valence-electron chi connectivity index (χ1n) is 3.20. The Bertz CT molecular complexity index is 126. The van der Waals surface area contributed by atoms with Crippen LogP contribution >= 0.6 is 118 Å². The third-order valence-corrected chi connectivity index (χ3v) is 0. The van der Waals surface area contributed by atoms with Crippen molar-refractivity contribution < 1.29 is 172 Å². The minimum atomic E-state index is -1.83. The molecule has 0 amide bonds. The fourth-order valence-electron chi connectivity index (χ4n) is 0. The second-order valence-electron chi connectivity index (χ2n) is 0.565. The van der Waals surface area contributed by atoms with Gasteiger partial charge < -0.3 is 30.6 Å². The van der Waals surface area contributed by atoms with Crippen molar-refractivity contribution in [1.82, 2.24) is 0 Å². The van der Waals surface area contributed by atoms with E-state index in [0.717, 1.165) is 14.2 Å². The summed E-state index contributed by atoms with van der Waals surface area (Å²) in [5.41, 5.74) is 0. The molecule has 0 saturated carbocycles. The third kappa shape index (κ3) is 1170. The second kappa shape index (κ2) is 293. The first-order valence-corrected chi connectivity index (χ1v) is 3.20. The molecule has 6 N–H and O–H groups in total. The van der Waals surface area contributed by atoms with Crippen LogP contribution in [0.5, 0.6) is 0 Å². The van der Waals surface area contributed by atoms with Gasteiger partial charge in [-0.15, -0.1) is 118 Å². The van der Waals surface area contributed by atoms with E-state index in [1.807, 2.05) is 13.8 Å². The van der Waals surface area contributed by atoms with Crippen LogP contribution in [-0.2, 0) is 132 Å². The number of carbonyl (C=O) groups is 2. The van der Waals surface area contributed by atoms with Gasteiger partial charge in [0.2, 0.25) is 0 Å². The number of aliphatic hydroxyl groups is 2. The van der Waals surface area contributed by atoms with Crippen molar-refractivity contribution in [2.75, 3.05) is 14.2 Å². The smallest absolute Gasteiger partial charge is 0.450 e. The molecular weight excluding hydrogens is 1130 g/mol. The van der Waals surface area contributed by atoms with Crippen LogP contribution in [0, 0.1) is 0 Å². The molecule has 0 spiro atoms. The molecule has 0 radical (unpaired) electrons. The van der Waals surface area contributed by atoms with E-state index < -0.39 is 12.3 Å². The molecule has 0 aliphatic carbocycles. The maximum Gasteiger partial charge on any atom is 0.503 e. The van der Waals surface area contributed by atoms with E-state index in [1.54, 1.807) is 0 Å². The Morgan fingerprint density at radius 1 is 0.400 bits per heavy atom. The average molecular weight is 1160 g/mol. The zero-order chi connectivity index (χ0) is 13.2. The number of halogens is 8. The Morgan fingerprint density at radius 2 is 0.400 bits per heavy atom. The number of carboxylic acid groups (broad SMARTS) is 4. The summed E-state index contributed by atoms with van der Waals surface area (Å²) in [4.78, 5) is 17.1. The molecule has 0 aromatic carbocycles. The summed E-state index contributed by atoms with van der Waals surface area (Å²) in [5.74, 6) is 0. The molecule has 0 aliphatic rings. The van der Waals surface area contributed by atoms with E-state index in [-0.39, 0.29) is 249 Å². The van der Waals surface area contributed by atoms with E-state index in [2.05, 4.69) is 0 Å². The minimum Gasteiger partial charge on any atom is -0.450 e. The molecule has 0 aliphatic heterocycles. The number of rotatable bonds is 0. The third-order valence-electron chi connectivity index (χ3n) is 0. The average Bonchev–Trinajstić information content (AvgIpc) is 2.12. The van der Waals surface area contributed by atoms with Crippen molar-refractivity contribution in [1.29, 1.82) is 0 Å². The molecule has 0 aromatic heterocycles. The van der Waals surface area contributed by atoms with Gasteiger partial charge in [0.15, 0.2) is 0 Å². The van der Waals surface area contributed by atoms with E-state index in [9.17, 15) is 0 Å². The maximum absolute atomic E-state index is 8.56. The fourth-order valence-corrected chi connectivity index (χ4v) is 0. The van der Waals surface area contributed by atoms with Crippen LogP contribution in [0.25, 0.3) is 0 Å². The number of hydrogen-bond acceptors (Lipinski definition) is 4. The van der Waals surface area contributed by atoms with Crippen LogP contribution in [0.3, 0.4) is 0 Å². The summed E-state index contributed by atoms with van der Waals surface area (Å²) in [6.45, 7) is 4.00. The van der Waals surface area contributed by atoms with Gasteiger partial charge in [0.05, 0.1) is 0 Å². The van der Waals surface area contributed by atoms with Crippen molar-refractivity contribution in [2.45, 2.75) is 13.8 Å². The van der Waals surface area contributed by atoms with E-state index in [1.165, 1.54) is 0 Å². The molecule has 0 fully saturated rings. The first-order chi connectivity index (χ1) is 6.46. The van der Waals surface area contributed by atoms with Gasteiger partial charge in [0.25, 0.3) is 0 Å². The van der Waals surface area contributed by atoms with Gasteiger partial charge in [0.1, 0.15) is 0 Å². The van der Waals surface area contributed by atoms with Gasteiger partial charge in [0, 0.05) is 146 Å². The fraction of sp³-hybridized carbons (Fsp3) is 0.667. The van der Waals surface area contributed by atoms with E-state index >= 15 is 0 Å². The second-order valence-corrected chi connectivity index (χ2v) is 0.565. The van der Waals surface area contributed by atoms with E-state index in [4.69, 9.17) is 40.2 Å². The summed E-state index contributed by atoms with van der Waals surface area (Å²) >= 11 is 0. The van der Waals surface area contributed by atoms with Crippen molar-refractivity contribution in [3.05, 3.63) is 0 Å². The standard InChI is InChI=1S/C2H6.2CH2O3.2CH4O.4BrH.4ClH.8Ni/c1-2;2*2-1(3)4;2*1-2;;;;;;;;;;;;;;;;/h1-2H3;2*(H2,2,3,4);2*2H,1H3;8*1H;;;;;;;;. The van der Waals surface area contributed by atoms with Crippen molar-refractivity contribution in [3.8, 4) is 0 Å². The Hall–Kier alpha value is 5.49. The number of aliphatic hydroxyl groups excluding tert-OH is 2. The van der Waals surface area contributed by atoms with Crippen LogP contribution in [-0.4, -0.2) is 57.2 Å².